The smallest absolute Gasteiger partial charge is 0.244 e. The Bertz CT molecular complexity index is 579. The second-order valence-corrected chi connectivity index (χ2v) is 4.87. The summed E-state index contributed by atoms with van der Waals surface area (Å²) in [5, 5.41) is 2.96. The lowest BCUT2D eigenvalue weighted by Crippen LogP contribution is -2.26. The highest BCUT2D eigenvalue weighted by molar-refractivity contribution is 5.91. The maximum Gasteiger partial charge on any atom is 0.244 e. The van der Waals surface area contributed by atoms with Crippen LogP contribution in [0.15, 0.2) is 60.9 Å². The van der Waals surface area contributed by atoms with E-state index in [-0.39, 0.29) is 5.91 Å². The van der Waals surface area contributed by atoms with Crippen LogP contribution in [-0.4, -0.2) is 17.4 Å². The van der Waals surface area contributed by atoms with Crippen LogP contribution in [0, 0.1) is 0 Å². The minimum absolute atomic E-state index is 0.0683. The van der Waals surface area contributed by atoms with Crippen LogP contribution in [0.4, 0.5) is 0 Å². The van der Waals surface area contributed by atoms with Gasteiger partial charge in [0.1, 0.15) is 0 Å². The highest BCUT2D eigenvalue weighted by Crippen LogP contribution is 2.17. The second-order valence-electron chi connectivity index (χ2n) is 4.87. The summed E-state index contributed by atoms with van der Waals surface area (Å²) in [6.07, 6.45) is 7.77. The molecule has 1 unspecified atom stereocenters. The van der Waals surface area contributed by atoms with E-state index in [1.165, 1.54) is 5.56 Å². The molecule has 1 heterocycles. The number of benzene rings is 1. The molecule has 2 rings (SSSR count). The normalized spacial score (nSPS) is 12.2. The van der Waals surface area contributed by atoms with E-state index in [0.29, 0.717) is 12.5 Å². The number of rotatable bonds is 6. The van der Waals surface area contributed by atoms with Crippen LogP contribution < -0.4 is 5.32 Å². The molecule has 1 atom stereocenters. The molecule has 1 aromatic heterocycles. The predicted molar refractivity (Wildman–Crippen MR) is 85.8 cm³/mol. The van der Waals surface area contributed by atoms with Gasteiger partial charge in [-0.05, 0) is 35.8 Å². The van der Waals surface area contributed by atoms with Crippen molar-refractivity contribution in [3.8, 4) is 0 Å². The Balaban J connectivity index is 1.87. The number of nitrogens with one attached hydrogen (secondary N) is 1. The molecule has 0 aliphatic carbocycles. The molecule has 0 spiro atoms. The fourth-order valence-electron chi connectivity index (χ4n) is 2.15. The van der Waals surface area contributed by atoms with Gasteiger partial charge in [-0.3, -0.25) is 9.78 Å². The Morgan fingerprint density at radius 2 is 1.90 bits per heavy atom. The van der Waals surface area contributed by atoms with E-state index in [9.17, 15) is 4.79 Å². The first kappa shape index (κ1) is 15.0. The first-order chi connectivity index (χ1) is 10.3. The maximum atomic E-state index is 11.9. The van der Waals surface area contributed by atoms with Crippen molar-refractivity contribution in [3.05, 3.63) is 72.1 Å². The molecule has 0 saturated heterocycles. The van der Waals surface area contributed by atoms with Gasteiger partial charge >= 0.3 is 0 Å². The summed E-state index contributed by atoms with van der Waals surface area (Å²) >= 11 is 0. The predicted octanol–water partition coefficient (Wildman–Crippen LogP) is 3.40. The van der Waals surface area contributed by atoms with Crippen molar-refractivity contribution >= 4 is 12.0 Å². The number of carbonyl (C=O) groups excluding carboxylic acids is 1. The van der Waals surface area contributed by atoms with Gasteiger partial charge in [0.15, 0.2) is 0 Å². The number of pyridine rings is 1. The molecule has 0 radical (unpaired) electrons. The van der Waals surface area contributed by atoms with Crippen molar-refractivity contribution < 1.29 is 4.79 Å². The summed E-state index contributed by atoms with van der Waals surface area (Å²) in [5.74, 6) is 0.283. The summed E-state index contributed by atoms with van der Waals surface area (Å²) in [4.78, 5) is 15.8. The number of carbonyl (C=O) groups is 1. The van der Waals surface area contributed by atoms with Gasteiger partial charge in [-0.25, -0.2) is 0 Å². The molecule has 21 heavy (non-hydrogen) atoms. The first-order valence-corrected chi connectivity index (χ1v) is 7.20. The van der Waals surface area contributed by atoms with Crippen LogP contribution in [0.1, 0.15) is 30.4 Å². The van der Waals surface area contributed by atoms with Gasteiger partial charge in [0.25, 0.3) is 0 Å². The largest absolute Gasteiger partial charge is 0.352 e. The Morgan fingerprint density at radius 1 is 1.19 bits per heavy atom. The summed E-state index contributed by atoms with van der Waals surface area (Å²) in [6, 6.07) is 14.0. The van der Waals surface area contributed by atoms with E-state index in [0.717, 1.165) is 12.0 Å². The van der Waals surface area contributed by atoms with Crippen LogP contribution >= 0.6 is 0 Å². The van der Waals surface area contributed by atoms with E-state index >= 15 is 0 Å². The fraction of sp³-hybridized carbons (Fsp3) is 0.222. The molecule has 1 N–H and O–H groups in total. The van der Waals surface area contributed by atoms with Gasteiger partial charge in [-0.1, -0.05) is 37.3 Å². The van der Waals surface area contributed by atoms with Gasteiger partial charge in [0.2, 0.25) is 5.91 Å². The van der Waals surface area contributed by atoms with E-state index in [2.05, 4.69) is 29.4 Å². The quantitative estimate of drug-likeness (QED) is 0.824. The summed E-state index contributed by atoms with van der Waals surface area (Å²) < 4.78 is 0. The SMILES string of the molecule is CCC(CNC(=O)/C=C/c1ccncc1)c1ccccc1. The molecule has 0 saturated carbocycles. The summed E-state index contributed by atoms with van der Waals surface area (Å²) in [5.41, 5.74) is 2.23. The number of aromatic nitrogens is 1. The second kappa shape index (κ2) is 8.00. The monoisotopic (exact) mass is 280 g/mol. The highest BCUT2D eigenvalue weighted by atomic mass is 16.1. The van der Waals surface area contributed by atoms with Gasteiger partial charge in [0, 0.05) is 30.9 Å². The zero-order chi connectivity index (χ0) is 14.9. The lowest BCUT2D eigenvalue weighted by atomic mass is 9.96. The molecule has 1 amide bonds. The maximum absolute atomic E-state index is 11.9. The minimum Gasteiger partial charge on any atom is -0.352 e. The van der Waals surface area contributed by atoms with Gasteiger partial charge in [-0.15, -0.1) is 0 Å². The van der Waals surface area contributed by atoms with E-state index < -0.39 is 0 Å². The molecular weight excluding hydrogens is 260 g/mol. The van der Waals surface area contributed by atoms with Crippen LogP contribution in [-0.2, 0) is 4.79 Å². The van der Waals surface area contributed by atoms with Crippen LogP contribution in [0.5, 0.6) is 0 Å². The Kier molecular flexibility index (Phi) is 5.71. The van der Waals surface area contributed by atoms with Gasteiger partial charge < -0.3 is 5.32 Å². The van der Waals surface area contributed by atoms with E-state index in [4.69, 9.17) is 0 Å². The molecule has 0 fully saturated rings. The summed E-state index contributed by atoms with van der Waals surface area (Å²) in [7, 11) is 0. The fourth-order valence-corrected chi connectivity index (χ4v) is 2.15. The molecule has 1 aromatic carbocycles. The van der Waals surface area contributed by atoms with E-state index in [1.807, 2.05) is 30.3 Å². The third kappa shape index (κ3) is 4.88. The molecule has 0 aliphatic heterocycles. The van der Waals surface area contributed by atoms with Crippen LogP contribution in [0.2, 0.25) is 0 Å². The molecule has 0 bridgehead atoms. The van der Waals surface area contributed by atoms with Crippen molar-refractivity contribution in [2.24, 2.45) is 0 Å². The molecule has 0 aliphatic rings. The number of amides is 1. The molecule has 108 valence electrons. The lowest BCUT2D eigenvalue weighted by molar-refractivity contribution is -0.116. The van der Waals surface area contributed by atoms with Crippen molar-refractivity contribution in [2.75, 3.05) is 6.54 Å². The minimum atomic E-state index is -0.0683. The Labute approximate surface area is 125 Å². The molecule has 2 aromatic rings. The van der Waals surface area contributed by atoms with Crippen LogP contribution in [0.25, 0.3) is 6.08 Å². The summed E-state index contributed by atoms with van der Waals surface area (Å²) in [6.45, 7) is 2.79. The van der Waals surface area contributed by atoms with Crippen LogP contribution in [0.3, 0.4) is 0 Å². The van der Waals surface area contributed by atoms with E-state index in [1.54, 1.807) is 24.5 Å². The number of nitrogens with zero attached hydrogens (tertiary/aromatic N) is 1. The Morgan fingerprint density at radius 3 is 2.57 bits per heavy atom. The first-order valence-electron chi connectivity index (χ1n) is 7.20. The average Bonchev–Trinajstić information content (AvgIpc) is 2.55. The zero-order valence-corrected chi connectivity index (χ0v) is 12.2. The Hall–Kier alpha value is -2.42. The highest BCUT2D eigenvalue weighted by Gasteiger charge is 2.09. The topological polar surface area (TPSA) is 42.0 Å². The van der Waals surface area contributed by atoms with Crippen molar-refractivity contribution in [2.45, 2.75) is 19.3 Å². The third-order valence-corrected chi connectivity index (χ3v) is 3.42. The zero-order valence-electron chi connectivity index (χ0n) is 12.2. The lowest BCUT2D eigenvalue weighted by Gasteiger charge is -2.15. The molecular formula is C18H20N2O. The third-order valence-electron chi connectivity index (χ3n) is 3.42. The van der Waals surface area contributed by atoms with Crippen molar-refractivity contribution in [3.63, 3.8) is 0 Å². The van der Waals surface area contributed by atoms with Crippen molar-refractivity contribution in [1.29, 1.82) is 0 Å². The number of hydrogen-bond acceptors (Lipinski definition) is 2. The average molecular weight is 280 g/mol. The van der Waals surface area contributed by atoms with Crippen molar-refractivity contribution in [1.82, 2.24) is 10.3 Å². The molecule has 3 nitrogen and oxygen atoms in total. The number of hydrogen-bond donors (Lipinski definition) is 1. The van der Waals surface area contributed by atoms with Gasteiger partial charge in [0.05, 0.1) is 0 Å². The standard InChI is InChI=1S/C18H20N2O/c1-2-16(17-6-4-3-5-7-17)14-20-18(21)9-8-15-10-12-19-13-11-15/h3-13,16H,2,14H2,1H3,(H,20,21)/b9-8+. The molecule has 3 heteroatoms. The van der Waals surface area contributed by atoms with Gasteiger partial charge in [-0.2, -0.15) is 0 Å².